The first kappa shape index (κ1) is 22.4. The number of aliphatic hydroxyl groups is 1. The quantitative estimate of drug-likeness (QED) is 0.410. The SMILES string of the molecule is Cc1ccccc1N1C[C@@H](c2nc3ccccc3n2C[C@@H](O)COc2ccc(Cl)cc2)CC1=O. The minimum Gasteiger partial charge on any atom is -0.491 e. The van der Waals surface area contributed by atoms with Crippen LogP contribution in [0.2, 0.25) is 5.02 Å². The van der Waals surface area contributed by atoms with E-state index < -0.39 is 6.10 Å². The number of anilines is 1. The van der Waals surface area contributed by atoms with Crippen LogP contribution >= 0.6 is 11.6 Å². The Hall–Kier alpha value is -3.35. The van der Waals surface area contributed by atoms with E-state index in [1.54, 1.807) is 24.3 Å². The fraction of sp³-hybridized carbons (Fsp3) is 0.259. The Morgan fingerprint density at radius 1 is 1.09 bits per heavy atom. The summed E-state index contributed by atoms with van der Waals surface area (Å²) in [5.41, 5.74) is 3.80. The third kappa shape index (κ3) is 4.52. The zero-order valence-electron chi connectivity index (χ0n) is 18.9. The summed E-state index contributed by atoms with van der Waals surface area (Å²) in [4.78, 5) is 19.7. The normalized spacial score (nSPS) is 16.9. The predicted molar refractivity (Wildman–Crippen MR) is 134 cm³/mol. The number of aryl methyl sites for hydroxylation is 1. The number of carbonyl (C=O) groups is 1. The number of amides is 1. The second-order valence-corrected chi connectivity index (χ2v) is 9.12. The van der Waals surface area contributed by atoms with Gasteiger partial charge in [-0.15, -0.1) is 0 Å². The minimum atomic E-state index is -0.753. The van der Waals surface area contributed by atoms with Crippen molar-refractivity contribution in [3.8, 4) is 5.75 Å². The van der Waals surface area contributed by atoms with Gasteiger partial charge in [0.1, 0.15) is 24.3 Å². The van der Waals surface area contributed by atoms with Gasteiger partial charge in [-0.25, -0.2) is 4.98 Å². The van der Waals surface area contributed by atoms with Crippen LogP contribution in [0.4, 0.5) is 5.69 Å². The molecule has 2 atom stereocenters. The highest BCUT2D eigenvalue weighted by Gasteiger charge is 2.35. The standard InChI is InChI=1S/C27H26ClN3O3/c1-18-6-2-4-8-24(18)30-15-19(14-26(30)33)27-29-23-7-3-5-9-25(23)31(27)16-21(32)17-34-22-12-10-20(28)11-13-22/h2-13,19,21,32H,14-17H2,1H3/t19-,21+/m0/s1. The smallest absolute Gasteiger partial charge is 0.227 e. The maximum absolute atomic E-state index is 13.0. The highest BCUT2D eigenvalue weighted by molar-refractivity contribution is 6.30. The summed E-state index contributed by atoms with van der Waals surface area (Å²) >= 11 is 5.93. The summed E-state index contributed by atoms with van der Waals surface area (Å²) < 4.78 is 7.78. The Bertz CT molecular complexity index is 1320. The molecule has 0 aliphatic carbocycles. The Balaban J connectivity index is 1.38. The lowest BCUT2D eigenvalue weighted by Gasteiger charge is -2.20. The van der Waals surface area contributed by atoms with Crippen molar-refractivity contribution in [1.82, 2.24) is 9.55 Å². The van der Waals surface area contributed by atoms with Gasteiger partial charge in [0.15, 0.2) is 0 Å². The van der Waals surface area contributed by atoms with Crippen molar-refractivity contribution in [3.05, 3.63) is 89.2 Å². The van der Waals surface area contributed by atoms with Crippen LogP contribution in [0.5, 0.6) is 5.75 Å². The first-order valence-electron chi connectivity index (χ1n) is 11.4. The van der Waals surface area contributed by atoms with Crippen molar-refractivity contribution in [2.24, 2.45) is 0 Å². The van der Waals surface area contributed by atoms with Crippen molar-refractivity contribution >= 4 is 34.2 Å². The molecule has 1 aliphatic rings. The lowest BCUT2D eigenvalue weighted by Crippen LogP contribution is -2.27. The van der Waals surface area contributed by atoms with Crippen LogP contribution in [0.15, 0.2) is 72.8 Å². The average Bonchev–Trinajstić information content (AvgIpc) is 3.39. The zero-order valence-corrected chi connectivity index (χ0v) is 19.7. The van der Waals surface area contributed by atoms with Crippen LogP contribution in [0, 0.1) is 6.92 Å². The maximum Gasteiger partial charge on any atom is 0.227 e. The van der Waals surface area contributed by atoms with Gasteiger partial charge in [0.25, 0.3) is 0 Å². The number of nitrogens with zero attached hydrogens (tertiary/aromatic N) is 3. The Morgan fingerprint density at radius 2 is 1.82 bits per heavy atom. The molecule has 0 spiro atoms. The van der Waals surface area contributed by atoms with Crippen LogP contribution in [0.25, 0.3) is 11.0 Å². The van der Waals surface area contributed by atoms with Crippen molar-refractivity contribution in [1.29, 1.82) is 0 Å². The summed E-state index contributed by atoms with van der Waals surface area (Å²) in [6.45, 7) is 3.03. The minimum absolute atomic E-state index is 0.0658. The zero-order chi connectivity index (χ0) is 23.7. The number of benzene rings is 3. The van der Waals surface area contributed by atoms with E-state index in [0.29, 0.717) is 30.3 Å². The van der Waals surface area contributed by atoms with Crippen LogP contribution in [-0.2, 0) is 11.3 Å². The van der Waals surface area contributed by atoms with E-state index in [9.17, 15) is 9.90 Å². The molecule has 5 rings (SSSR count). The van der Waals surface area contributed by atoms with Crippen LogP contribution < -0.4 is 9.64 Å². The fourth-order valence-corrected chi connectivity index (χ4v) is 4.69. The number of carbonyl (C=O) groups excluding carboxylic acids is 1. The van der Waals surface area contributed by atoms with Crippen molar-refractivity contribution in [3.63, 3.8) is 0 Å². The molecule has 0 radical (unpaired) electrons. The highest BCUT2D eigenvalue weighted by atomic mass is 35.5. The molecule has 1 N–H and O–H groups in total. The van der Waals surface area contributed by atoms with Crippen LogP contribution in [0.1, 0.15) is 23.7 Å². The van der Waals surface area contributed by atoms with Gasteiger partial charge < -0.3 is 19.3 Å². The van der Waals surface area contributed by atoms with Gasteiger partial charge in [0.2, 0.25) is 5.91 Å². The number of para-hydroxylation sites is 3. The number of ether oxygens (including phenoxy) is 1. The van der Waals surface area contributed by atoms with Crippen molar-refractivity contribution in [2.45, 2.75) is 31.9 Å². The average molecular weight is 476 g/mol. The number of fused-ring (bicyclic) bond motifs is 1. The molecule has 3 aromatic carbocycles. The molecule has 1 amide bonds. The van der Waals surface area contributed by atoms with Gasteiger partial charge in [-0.05, 0) is 55.0 Å². The van der Waals surface area contributed by atoms with Gasteiger partial charge in [0.05, 0.1) is 17.6 Å². The molecule has 6 nitrogen and oxygen atoms in total. The predicted octanol–water partition coefficient (Wildman–Crippen LogP) is 4.96. The maximum atomic E-state index is 13.0. The van der Waals surface area contributed by atoms with E-state index in [2.05, 4.69) is 0 Å². The number of halogens is 1. The molecular formula is C27H26ClN3O3. The van der Waals surface area contributed by atoms with E-state index in [-0.39, 0.29) is 18.4 Å². The molecule has 4 aromatic rings. The molecule has 34 heavy (non-hydrogen) atoms. The van der Waals surface area contributed by atoms with E-state index >= 15 is 0 Å². The second kappa shape index (κ2) is 9.49. The van der Waals surface area contributed by atoms with E-state index in [1.165, 1.54) is 0 Å². The van der Waals surface area contributed by atoms with Crippen LogP contribution in [0.3, 0.4) is 0 Å². The van der Waals surface area contributed by atoms with E-state index in [4.69, 9.17) is 21.3 Å². The Kier molecular flexibility index (Phi) is 6.26. The van der Waals surface area contributed by atoms with Gasteiger partial charge in [-0.1, -0.05) is 41.9 Å². The number of hydrogen-bond acceptors (Lipinski definition) is 4. The molecule has 1 aromatic heterocycles. The largest absolute Gasteiger partial charge is 0.491 e. The highest BCUT2D eigenvalue weighted by Crippen LogP contribution is 2.34. The molecule has 1 aliphatic heterocycles. The Morgan fingerprint density at radius 3 is 2.62 bits per heavy atom. The second-order valence-electron chi connectivity index (χ2n) is 8.68. The van der Waals surface area contributed by atoms with Gasteiger partial charge in [0, 0.05) is 29.6 Å². The molecule has 0 unspecified atom stereocenters. The van der Waals surface area contributed by atoms with E-state index in [0.717, 1.165) is 28.1 Å². The molecule has 0 bridgehead atoms. The molecule has 2 heterocycles. The molecule has 0 saturated carbocycles. The first-order chi connectivity index (χ1) is 16.5. The number of imidazole rings is 1. The van der Waals surface area contributed by atoms with Gasteiger partial charge >= 0.3 is 0 Å². The van der Waals surface area contributed by atoms with Gasteiger partial charge in [-0.3, -0.25) is 4.79 Å². The number of rotatable bonds is 7. The summed E-state index contributed by atoms with van der Waals surface area (Å²) in [6, 6.07) is 22.8. The number of aromatic nitrogens is 2. The lowest BCUT2D eigenvalue weighted by atomic mass is 10.1. The topological polar surface area (TPSA) is 67.6 Å². The third-order valence-corrected chi connectivity index (χ3v) is 6.48. The third-order valence-electron chi connectivity index (χ3n) is 6.23. The fourth-order valence-electron chi connectivity index (χ4n) is 4.56. The number of aliphatic hydroxyl groups excluding tert-OH is 1. The summed E-state index contributed by atoms with van der Waals surface area (Å²) in [7, 11) is 0. The van der Waals surface area contributed by atoms with Gasteiger partial charge in [-0.2, -0.15) is 0 Å². The van der Waals surface area contributed by atoms with Crippen molar-refractivity contribution in [2.75, 3.05) is 18.1 Å². The molecule has 1 saturated heterocycles. The van der Waals surface area contributed by atoms with E-state index in [1.807, 2.05) is 64.9 Å². The molecule has 1 fully saturated rings. The summed E-state index contributed by atoms with van der Waals surface area (Å²) in [5, 5.41) is 11.4. The summed E-state index contributed by atoms with van der Waals surface area (Å²) in [5.74, 6) is 1.49. The van der Waals surface area contributed by atoms with Crippen molar-refractivity contribution < 1.29 is 14.6 Å². The first-order valence-corrected chi connectivity index (χ1v) is 11.7. The molecule has 7 heteroatoms. The monoisotopic (exact) mass is 475 g/mol. The summed E-state index contributed by atoms with van der Waals surface area (Å²) in [6.07, 6.45) is -0.369. The lowest BCUT2D eigenvalue weighted by molar-refractivity contribution is -0.117. The molecular weight excluding hydrogens is 450 g/mol. The number of hydrogen-bond donors (Lipinski definition) is 1. The Labute approximate surface area is 203 Å². The molecule has 174 valence electrons. The van der Waals surface area contributed by atoms with Crippen LogP contribution in [-0.4, -0.2) is 39.8 Å².